The van der Waals surface area contributed by atoms with Gasteiger partial charge in [-0.3, -0.25) is 4.99 Å². The Balaban J connectivity index is 2.66. The average Bonchev–Trinajstić information content (AvgIpc) is 1.61. The quantitative estimate of drug-likeness (QED) is 0.340. The van der Waals surface area contributed by atoms with Crippen LogP contribution in [0.15, 0.2) is 4.99 Å². The standard InChI is InChI=1S/C3H9N3/c1-5-3-6-2-4/h2,5H,3H2,1H3,(H2,4,6). The Morgan fingerprint density at radius 3 is 2.83 bits per heavy atom. The molecule has 0 fully saturated rings. The second-order valence-corrected chi connectivity index (χ2v) is 0.843. The smallest absolute Gasteiger partial charge is 0.0899 e. The summed E-state index contributed by atoms with van der Waals surface area (Å²) in [6.45, 7) is 0.608. The lowest BCUT2D eigenvalue weighted by molar-refractivity contribution is 0.837. The highest BCUT2D eigenvalue weighted by atomic mass is 15.0. The van der Waals surface area contributed by atoms with Crippen LogP contribution in [0.4, 0.5) is 0 Å². The second kappa shape index (κ2) is 4.43. The summed E-state index contributed by atoms with van der Waals surface area (Å²) in [5.41, 5.74) is 4.88. The molecule has 3 heteroatoms. The number of rotatable bonds is 2. The van der Waals surface area contributed by atoms with E-state index in [0.29, 0.717) is 6.67 Å². The van der Waals surface area contributed by atoms with Gasteiger partial charge in [-0.1, -0.05) is 0 Å². The molecular formula is C3H9N3. The van der Waals surface area contributed by atoms with E-state index < -0.39 is 0 Å². The molecule has 0 atom stereocenters. The molecular weight excluding hydrogens is 78.1 g/mol. The lowest BCUT2D eigenvalue weighted by Gasteiger charge is -1.82. The van der Waals surface area contributed by atoms with Crippen molar-refractivity contribution in [3.63, 3.8) is 0 Å². The van der Waals surface area contributed by atoms with Gasteiger partial charge in [0, 0.05) is 0 Å². The van der Waals surface area contributed by atoms with E-state index in [1.807, 2.05) is 7.05 Å². The summed E-state index contributed by atoms with van der Waals surface area (Å²) in [7, 11) is 1.81. The fourth-order valence-corrected chi connectivity index (χ4v) is 0.144. The predicted octanol–water partition coefficient (Wildman–Crippen LogP) is -0.850. The zero-order valence-corrected chi connectivity index (χ0v) is 3.81. The molecule has 0 heterocycles. The molecule has 3 N–H and O–H groups in total. The van der Waals surface area contributed by atoms with Crippen LogP contribution in [-0.4, -0.2) is 20.1 Å². The third-order valence-corrected chi connectivity index (χ3v) is 0.355. The lowest BCUT2D eigenvalue weighted by Crippen LogP contribution is -2.06. The van der Waals surface area contributed by atoms with Crippen LogP contribution >= 0.6 is 0 Å². The molecule has 36 valence electrons. The number of nitrogens with two attached hydrogens (primary N) is 1. The van der Waals surface area contributed by atoms with E-state index in [0.717, 1.165) is 0 Å². The Morgan fingerprint density at radius 1 is 2.00 bits per heavy atom. The van der Waals surface area contributed by atoms with E-state index in [2.05, 4.69) is 10.3 Å². The maximum Gasteiger partial charge on any atom is 0.0899 e. The van der Waals surface area contributed by atoms with Gasteiger partial charge in [0.05, 0.1) is 13.0 Å². The largest absolute Gasteiger partial charge is 0.390 e. The molecule has 0 rings (SSSR count). The summed E-state index contributed by atoms with van der Waals surface area (Å²) in [6, 6.07) is 0. The van der Waals surface area contributed by atoms with Crippen molar-refractivity contribution in [2.24, 2.45) is 10.7 Å². The number of hydrogen-bond acceptors (Lipinski definition) is 2. The average molecular weight is 87.1 g/mol. The Morgan fingerprint density at radius 2 is 2.67 bits per heavy atom. The molecule has 0 aromatic heterocycles. The molecule has 0 radical (unpaired) electrons. The van der Waals surface area contributed by atoms with Crippen LogP contribution in [0, 0.1) is 0 Å². The van der Waals surface area contributed by atoms with Gasteiger partial charge in [0.1, 0.15) is 0 Å². The van der Waals surface area contributed by atoms with Gasteiger partial charge >= 0.3 is 0 Å². The highest BCUT2D eigenvalue weighted by Gasteiger charge is 1.60. The first kappa shape index (κ1) is 5.43. The topological polar surface area (TPSA) is 50.4 Å². The first-order valence-corrected chi connectivity index (χ1v) is 1.76. The second-order valence-electron chi connectivity index (χ2n) is 0.843. The van der Waals surface area contributed by atoms with Crippen LogP contribution < -0.4 is 11.1 Å². The summed E-state index contributed by atoms with van der Waals surface area (Å²) >= 11 is 0. The van der Waals surface area contributed by atoms with Crippen molar-refractivity contribution < 1.29 is 0 Å². The third-order valence-electron chi connectivity index (χ3n) is 0.355. The molecule has 0 aliphatic rings. The highest BCUT2D eigenvalue weighted by Crippen LogP contribution is 1.49. The van der Waals surface area contributed by atoms with Crippen molar-refractivity contribution in [3.8, 4) is 0 Å². The minimum Gasteiger partial charge on any atom is -0.390 e. The minimum atomic E-state index is 0.608. The SMILES string of the molecule is CNCN=CN. The molecule has 0 aliphatic carbocycles. The van der Waals surface area contributed by atoms with Crippen molar-refractivity contribution in [2.75, 3.05) is 13.7 Å². The first-order chi connectivity index (χ1) is 2.91. The summed E-state index contributed by atoms with van der Waals surface area (Å²) in [5, 5.41) is 2.79. The van der Waals surface area contributed by atoms with Crippen LogP contribution in [0.5, 0.6) is 0 Å². The summed E-state index contributed by atoms with van der Waals surface area (Å²) < 4.78 is 0. The van der Waals surface area contributed by atoms with Crippen LogP contribution in [0.3, 0.4) is 0 Å². The van der Waals surface area contributed by atoms with Gasteiger partial charge in [-0.05, 0) is 7.05 Å². The maximum atomic E-state index is 4.88. The Hall–Kier alpha value is -0.570. The van der Waals surface area contributed by atoms with Gasteiger partial charge in [0.15, 0.2) is 0 Å². The van der Waals surface area contributed by atoms with Crippen LogP contribution in [0.2, 0.25) is 0 Å². The van der Waals surface area contributed by atoms with Crippen molar-refractivity contribution in [3.05, 3.63) is 0 Å². The first-order valence-electron chi connectivity index (χ1n) is 1.76. The van der Waals surface area contributed by atoms with Gasteiger partial charge in [-0.15, -0.1) is 0 Å². The van der Waals surface area contributed by atoms with Crippen LogP contribution in [-0.2, 0) is 0 Å². The molecule has 6 heavy (non-hydrogen) atoms. The fourth-order valence-electron chi connectivity index (χ4n) is 0.144. The van der Waals surface area contributed by atoms with Crippen LogP contribution in [0.1, 0.15) is 0 Å². The van der Waals surface area contributed by atoms with Crippen molar-refractivity contribution >= 4 is 6.34 Å². The zero-order chi connectivity index (χ0) is 4.83. The van der Waals surface area contributed by atoms with Crippen molar-refractivity contribution in [1.82, 2.24) is 5.32 Å². The van der Waals surface area contributed by atoms with Gasteiger partial charge in [0.2, 0.25) is 0 Å². The van der Waals surface area contributed by atoms with Crippen molar-refractivity contribution in [1.29, 1.82) is 0 Å². The van der Waals surface area contributed by atoms with E-state index in [-0.39, 0.29) is 0 Å². The van der Waals surface area contributed by atoms with Crippen LogP contribution in [0.25, 0.3) is 0 Å². The number of aliphatic imine (C=N–C) groups is 1. The third kappa shape index (κ3) is 3.43. The molecule has 0 aliphatic heterocycles. The Kier molecular flexibility index (Phi) is 4.01. The molecule has 0 amide bonds. The van der Waals surface area contributed by atoms with Gasteiger partial charge < -0.3 is 11.1 Å². The maximum absolute atomic E-state index is 4.88. The monoisotopic (exact) mass is 87.1 g/mol. The zero-order valence-electron chi connectivity index (χ0n) is 3.81. The van der Waals surface area contributed by atoms with Gasteiger partial charge in [-0.25, -0.2) is 0 Å². The Bertz CT molecular complexity index is 41.3. The van der Waals surface area contributed by atoms with E-state index >= 15 is 0 Å². The highest BCUT2D eigenvalue weighted by molar-refractivity contribution is 5.50. The number of hydrogen-bond donors (Lipinski definition) is 2. The fraction of sp³-hybridized carbons (Fsp3) is 0.667. The molecule has 0 bridgehead atoms. The minimum absolute atomic E-state index is 0.608. The summed E-state index contributed by atoms with van der Waals surface area (Å²) in [5.74, 6) is 0. The van der Waals surface area contributed by atoms with Crippen molar-refractivity contribution in [2.45, 2.75) is 0 Å². The Labute approximate surface area is 37.3 Å². The molecule has 0 aromatic carbocycles. The van der Waals surface area contributed by atoms with E-state index in [1.54, 1.807) is 0 Å². The molecule has 0 spiro atoms. The van der Waals surface area contributed by atoms with Gasteiger partial charge in [-0.2, -0.15) is 0 Å². The normalized spacial score (nSPS) is 10.2. The van der Waals surface area contributed by atoms with Gasteiger partial charge in [0.25, 0.3) is 0 Å². The molecule has 0 saturated carbocycles. The van der Waals surface area contributed by atoms with E-state index in [9.17, 15) is 0 Å². The number of nitrogens with zero attached hydrogens (tertiary/aromatic N) is 1. The lowest BCUT2D eigenvalue weighted by atomic mass is 11.0. The van der Waals surface area contributed by atoms with E-state index in [4.69, 9.17) is 5.73 Å². The molecule has 3 nitrogen and oxygen atoms in total. The van der Waals surface area contributed by atoms with E-state index in [1.165, 1.54) is 6.34 Å². The molecule has 0 unspecified atom stereocenters. The predicted molar refractivity (Wildman–Crippen MR) is 26.6 cm³/mol. The summed E-state index contributed by atoms with van der Waals surface area (Å²) in [4.78, 5) is 3.63. The summed E-state index contributed by atoms with van der Waals surface area (Å²) in [6.07, 6.45) is 1.27. The molecule has 0 aromatic rings. The number of nitrogens with one attached hydrogen (secondary N) is 1. The molecule has 0 saturated heterocycles.